The first-order valence-electron chi connectivity index (χ1n) is 8.72. The first-order valence-corrected chi connectivity index (χ1v) is 8.72. The molecule has 0 fully saturated rings. The Kier molecular flexibility index (Phi) is 6.58. The monoisotopic (exact) mass is 383 g/mol. The molecule has 0 unspecified atom stereocenters. The van der Waals surface area contributed by atoms with E-state index in [1.807, 2.05) is 42.5 Å². The van der Waals surface area contributed by atoms with Gasteiger partial charge in [-0.25, -0.2) is 0 Å². The molecule has 0 radical (unpaired) electrons. The largest absolute Gasteiger partial charge is 0.489 e. The Hall–Kier alpha value is -2.69. The van der Waals surface area contributed by atoms with E-state index in [1.54, 1.807) is 0 Å². The lowest BCUT2D eigenvalue weighted by Gasteiger charge is -2.09. The van der Waals surface area contributed by atoms with E-state index in [4.69, 9.17) is 14.2 Å². The molecule has 0 amide bonds. The first kappa shape index (κ1) is 19.1. The van der Waals surface area contributed by atoms with Gasteiger partial charge < -0.3 is 19.5 Å². The topological polar surface area (TPSA) is 39.7 Å². The predicted molar refractivity (Wildman–Crippen MR) is 108 cm³/mol. The third-order valence-corrected chi connectivity index (χ3v) is 4.24. The van der Waals surface area contributed by atoms with Gasteiger partial charge in [0.25, 0.3) is 0 Å². The van der Waals surface area contributed by atoms with Gasteiger partial charge in [0.2, 0.25) is 6.79 Å². The average Bonchev–Trinajstić information content (AvgIpc) is 3.15. The number of ether oxygens (including phenoxy) is 3. The molecule has 0 atom stereocenters. The highest BCUT2D eigenvalue weighted by molar-refractivity contribution is 5.85. The fourth-order valence-electron chi connectivity index (χ4n) is 2.89. The van der Waals surface area contributed by atoms with E-state index in [2.05, 4.69) is 35.6 Å². The summed E-state index contributed by atoms with van der Waals surface area (Å²) in [5, 5.41) is 3.46. The third-order valence-electron chi connectivity index (χ3n) is 4.24. The van der Waals surface area contributed by atoms with Gasteiger partial charge in [-0.15, -0.1) is 12.4 Å². The molecule has 0 saturated heterocycles. The van der Waals surface area contributed by atoms with Gasteiger partial charge in [-0.1, -0.05) is 48.5 Å². The quantitative estimate of drug-likeness (QED) is 0.641. The van der Waals surface area contributed by atoms with Crippen LogP contribution in [0.2, 0.25) is 0 Å². The number of benzene rings is 3. The van der Waals surface area contributed by atoms with E-state index in [1.165, 1.54) is 16.7 Å². The molecular weight excluding hydrogens is 362 g/mol. The number of fused-ring (bicyclic) bond motifs is 1. The summed E-state index contributed by atoms with van der Waals surface area (Å²) < 4.78 is 16.6. The zero-order valence-corrected chi connectivity index (χ0v) is 15.7. The Balaban J connectivity index is 0.00000210. The van der Waals surface area contributed by atoms with Crippen molar-refractivity contribution >= 4 is 12.4 Å². The molecule has 1 N–H and O–H groups in total. The van der Waals surface area contributed by atoms with E-state index >= 15 is 0 Å². The Morgan fingerprint density at radius 2 is 1.48 bits per heavy atom. The highest BCUT2D eigenvalue weighted by Crippen LogP contribution is 2.32. The molecule has 4 nitrogen and oxygen atoms in total. The number of halogens is 1. The lowest BCUT2D eigenvalue weighted by atomic mass is 10.2. The summed E-state index contributed by atoms with van der Waals surface area (Å²) in [7, 11) is 0. The smallest absolute Gasteiger partial charge is 0.231 e. The second-order valence-corrected chi connectivity index (χ2v) is 6.21. The van der Waals surface area contributed by atoms with Crippen LogP contribution in [0.3, 0.4) is 0 Å². The van der Waals surface area contributed by atoms with Crippen LogP contribution >= 0.6 is 12.4 Å². The Labute approximate surface area is 165 Å². The van der Waals surface area contributed by atoms with E-state index in [0.29, 0.717) is 13.4 Å². The third kappa shape index (κ3) is 5.16. The van der Waals surface area contributed by atoms with Crippen LogP contribution in [-0.4, -0.2) is 6.79 Å². The Morgan fingerprint density at radius 1 is 0.741 bits per heavy atom. The summed E-state index contributed by atoms with van der Waals surface area (Å²) in [5.41, 5.74) is 3.53. The fourth-order valence-corrected chi connectivity index (χ4v) is 2.89. The molecular formula is C22H22ClNO3. The second-order valence-electron chi connectivity index (χ2n) is 6.21. The molecule has 1 aliphatic rings. The summed E-state index contributed by atoms with van der Waals surface area (Å²) >= 11 is 0. The zero-order valence-electron chi connectivity index (χ0n) is 14.9. The van der Waals surface area contributed by atoms with Crippen LogP contribution in [0.5, 0.6) is 17.2 Å². The highest BCUT2D eigenvalue weighted by Gasteiger charge is 2.12. The van der Waals surface area contributed by atoms with Gasteiger partial charge in [-0.05, 0) is 41.0 Å². The van der Waals surface area contributed by atoms with Crippen LogP contribution in [0.25, 0.3) is 0 Å². The summed E-state index contributed by atoms with van der Waals surface area (Å²) in [6, 6.07) is 24.4. The minimum Gasteiger partial charge on any atom is -0.489 e. The number of hydrogen-bond donors (Lipinski definition) is 1. The molecule has 3 aromatic carbocycles. The molecule has 0 spiro atoms. The maximum atomic E-state index is 5.89. The summed E-state index contributed by atoms with van der Waals surface area (Å²) in [4.78, 5) is 0. The van der Waals surface area contributed by atoms with Crippen molar-refractivity contribution in [3.05, 3.63) is 89.5 Å². The summed E-state index contributed by atoms with van der Waals surface area (Å²) in [6.45, 7) is 2.43. The van der Waals surface area contributed by atoms with Crippen LogP contribution in [-0.2, 0) is 19.7 Å². The first-order chi connectivity index (χ1) is 12.9. The molecule has 4 rings (SSSR count). The molecule has 27 heavy (non-hydrogen) atoms. The van der Waals surface area contributed by atoms with Crippen LogP contribution in [0.1, 0.15) is 16.7 Å². The summed E-state index contributed by atoms with van der Waals surface area (Å²) in [6.07, 6.45) is 0. The standard InChI is InChI=1S/C22H21NO3.ClH/c1-2-5-17(6-3-1)15-24-20-8-4-7-18(11-20)13-23-14-19-9-10-21-22(12-19)26-16-25-21;/h1-12,23H,13-16H2;1H. The summed E-state index contributed by atoms with van der Waals surface area (Å²) in [5.74, 6) is 2.52. The number of hydrogen-bond acceptors (Lipinski definition) is 4. The van der Waals surface area contributed by atoms with Gasteiger partial charge in [-0.2, -0.15) is 0 Å². The van der Waals surface area contributed by atoms with Gasteiger partial charge in [0, 0.05) is 13.1 Å². The second kappa shape index (κ2) is 9.31. The van der Waals surface area contributed by atoms with E-state index < -0.39 is 0 Å². The van der Waals surface area contributed by atoms with E-state index in [0.717, 1.165) is 30.3 Å². The van der Waals surface area contributed by atoms with Crippen molar-refractivity contribution in [3.63, 3.8) is 0 Å². The van der Waals surface area contributed by atoms with Crippen molar-refractivity contribution in [2.75, 3.05) is 6.79 Å². The average molecular weight is 384 g/mol. The minimum atomic E-state index is 0. The van der Waals surface area contributed by atoms with Gasteiger partial charge >= 0.3 is 0 Å². The van der Waals surface area contributed by atoms with Gasteiger partial charge in [0.15, 0.2) is 11.5 Å². The molecule has 0 aliphatic carbocycles. The van der Waals surface area contributed by atoms with Gasteiger partial charge in [0.05, 0.1) is 0 Å². The van der Waals surface area contributed by atoms with Crippen molar-refractivity contribution < 1.29 is 14.2 Å². The molecule has 1 heterocycles. The van der Waals surface area contributed by atoms with Crippen LogP contribution < -0.4 is 19.5 Å². The van der Waals surface area contributed by atoms with Gasteiger partial charge in [0.1, 0.15) is 12.4 Å². The van der Waals surface area contributed by atoms with Crippen LogP contribution in [0.4, 0.5) is 0 Å². The number of rotatable bonds is 7. The van der Waals surface area contributed by atoms with Gasteiger partial charge in [-0.3, -0.25) is 0 Å². The lowest BCUT2D eigenvalue weighted by Crippen LogP contribution is -2.12. The zero-order chi connectivity index (χ0) is 17.6. The highest BCUT2D eigenvalue weighted by atomic mass is 35.5. The minimum absolute atomic E-state index is 0. The molecule has 0 aromatic heterocycles. The molecule has 5 heteroatoms. The lowest BCUT2D eigenvalue weighted by molar-refractivity contribution is 0.174. The normalized spacial score (nSPS) is 11.7. The molecule has 3 aromatic rings. The van der Waals surface area contributed by atoms with Crippen molar-refractivity contribution in [3.8, 4) is 17.2 Å². The van der Waals surface area contributed by atoms with Crippen molar-refractivity contribution in [1.82, 2.24) is 5.32 Å². The number of nitrogens with one attached hydrogen (secondary N) is 1. The van der Waals surface area contributed by atoms with Crippen molar-refractivity contribution in [2.24, 2.45) is 0 Å². The van der Waals surface area contributed by atoms with E-state index in [9.17, 15) is 0 Å². The fraction of sp³-hybridized carbons (Fsp3) is 0.182. The molecule has 1 aliphatic heterocycles. The Bertz CT molecular complexity index is 870. The Morgan fingerprint density at radius 3 is 2.33 bits per heavy atom. The molecule has 0 bridgehead atoms. The SMILES string of the molecule is Cl.c1ccc(COc2cccc(CNCc3ccc4c(c3)OCO4)c2)cc1. The predicted octanol–water partition coefficient (Wildman–Crippen LogP) is 4.71. The van der Waals surface area contributed by atoms with E-state index in [-0.39, 0.29) is 12.4 Å². The van der Waals surface area contributed by atoms with Crippen LogP contribution in [0.15, 0.2) is 72.8 Å². The molecule has 0 saturated carbocycles. The maximum absolute atomic E-state index is 5.89. The maximum Gasteiger partial charge on any atom is 0.231 e. The van der Waals surface area contributed by atoms with Crippen molar-refractivity contribution in [2.45, 2.75) is 19.7 Å². The molecule has 140 valence electrons. The van der Waals surface area contributed by atoms with Crippen molar-refractivity contribution in [1.29, 1.82) is 0 Å². The van der Waals surface area contributed by atoms with Crippen LogP contribution in [0, 0.1) is 0 Å².